The van der Waals surface area contributed by atoms with Gasteiger partial charge in [-0.2, -0.15) is 0 Å². The van der Waals surface area contributed by atoms with Gasteiger partial charge in [0.1, 0.15) is 5.82 Å². The third-order valence-electron chi connectivity index (χ3n) is 2.50. The zero-order valence-electron chi connectivity index (χ0n) is 11.3. The van der Waals surface area contributed by atoms with Gasteiger partial charge in [0.15, 0.2) is 11.2 Å². The lowest BCUT2D eigenvalue weighted by Gasteiger charge is -2.20. The molecule has 0 amide bonds. The third kappa shape index (κ3) is 2.14. The van der Waals surface area contributed by atoms with Crippen molar-refractivity contribution in [2.45, 2.75) is 52.5 Å². The molecular weight excluding hydrogens is 214 g/mol. The lowest BCUT2D eigenvalue weighted by molar-refractivity contribution is 0.355. The van der Waals surface area contributed by atoms with Crippen LogP contribution in [0.1, 0.15) is 47.4 Å². The number of hydrogen-bond acceptors (Lipinski definition) is 4. The highest BCUT2D eigenvalue weighted by Gasteiger charge is 2.23. The molecule has 0 saturated heterocycles. The normalized spacial score (nSPS) is 13.3. The van der Waals surface area contributed by atoms with Gasteiger partial charge in [0.2, 0.25) is 0 Å². The lowest BCUT2D eigenvalue weighted by atomic mass is 9.96. The van der Waals surface area contributed by atoms with Crippen molar-refractivity contribution < 1.29 is 0 Å². The van der Waals surface area contributed by atoms with Gasteiger partial charge in [-0.25, -0.2) is 14.6 Å². The Bertz CT molecular complexity index is 542. The van der Waals surface area contributed by atoms with Crippen LogP contribution in [0.15, 0.2) is 6.20 Å². The minimum Gasteiger partial charge on any atom is -0.238 e. The Morgan fingerprint density at radius 3 is 2.24 bits per heavy atom. The van der Waals surface area contributed by atoms with Gasteiger partial charge in [-0.1, -0.05) is 26.0 Å². The van der Waals surface area contributed by atoms with Crippen molar-refractivity contribution in [3.63, 3.8) is 0 Å². The highest BCUT2D eigenvalue weighted by Crippen LogP contribution is 2.22. The Kier molecular flexibility index (Phi) is 2.45. The third-order valence-corrected chi connectivity index (χ3v) is 2.50. The van der Waals surface area contributed by atoms with Crippen LogP contribution in [0.25, 0.3) is 11.2 Å². The second-order valence-corrected chi connectivity index (χ2v) is 6.32. The summed E-state index contributed by atoms with van der Waals surface area (Å²) in [4.78, 5) is 8.95. The molecule has 2 heterocycles. The molecule has 0 saturated carbocycles. The summed E-state index contributed by atoms with van der Waals surface area (Å²) >= 11 is 0. The van der Waals surface area contributed by atoms with E-state index in [9.17, 15) is 0 Å². The molecule has 0 aliphatic carbocycles. The van der Waals surface area contributed by atoms with E-state index in [1.165, 1.54) is 0 Å². The summed E-state index contributed by atoms with van der Waals surface area (Å²) < 4.78 is 1.85. The molecule has 0 aliphatic rings. The van der Waals surface area contributed by atoms with Gasteiger partial charge in [0.05, 0.1) is 11.7 Å². The molecule has 0 aromatic carbocycles. The molecule has 0 bridgehead atoms. The monoisotopic (exact) mass is 233 g/mol. The van der Waals surface area contributed by atoms with Crippen LogP contribution < -0.4 is 0 Å². The van der Waals surface area contributed by atoms with Crippen LogP contribution in [0.4, 0.5) is 0 Å². The zero-order chi connectivity index (χ0) is 12.8. The van der Waals surface area contributed by atoms with E-state index < -0.39 is 0 Å². The Hall–Kier alpha value is -1.52. The van der Waals surface area contributed by atoms with Gasteiger partial charge < -0.3 is 0 Å². The maximum Gasteiger partial charge on any atom is 0.182 e. The van der Waals surface area contributed by atoms with Gasteiger partial charge in [-0.3, -0.25) is 0 Å². The molecule has 92 valence electrons. The van der Waals surface area contributed by atoms with Crippen molar-refractivity contribution in [1.82, 2.24) is 25.0 Å². The molecule has 0 unspecified atom stereocenters. The van der Waals surface area contributed by atoms with Gasteiger partial charge in [-0.05, 0) is 20.8 Å². The molecule has 0 fully saturated rings. The fourth-order valence-corrected chi connectivity index (χ4v) is 1.54. The number of nitrogens with zero attached hydrogens (tertiary/aromatic N) is 5. The largest absolute Gasteiger partial charge is 0.238 e. The van der Waals surface area contributed by atoms with Crippen LogP contribution in [0, 0.1) is 0 Å². The average molecular weight is 233 g/mol. The van der Waals surface area contributed by atoms with E-state index in [1.807, 2.05) is 4.68 Å². The first-order valence-corrected chi connectivity index (χ1v) is 5.79. The number of fused-ring (bicyclic) bond motifs is 1. The Labute approximate surface area is 101 Å². The molecule has 5 nitrogen and oxygen atoms in total. The van der Waals surface area contributed by atoms with E-state index in [-0.39, 0.29) is 11.0 Å². The highest BCUT2D eigenvalue weighted by molar-refractivity contribution is 5.68. The SMILES string of the molecule is CC(C)(C)c1ncc2nnn(C(C)(C)C)c2n1. The predicted molar refractivity (Wildman–Crippen MR) is 66.8 cm³/mol. The van der Waals surface area contributed by atoms with Crippen LogP contribution in [0.2, 0.25) is 0 Å². The first-order valence-electron chi connectivity index (χ1n) is 5.79. The van der Waals surface area contributed by atoms with E-state index in [1.54, 1.807) is 6.20 Å². The van der Waals surface area contributed by atoms with Gasteiger partial charge in [0, 0.05) is 5.41 Å². The second kappa shape index (κ2) is 3.48. The Morgan fingerprint density at radius 1 is 1.06 bits per heavy atom. The van der Waals surface area contributed by atoms with E-state index in [0.29, 0.717) is 0 Å². The summed E-state index contributed by atoms with van der Waals surface area (Å²) in [6.45, 7) is 12.5. The van der Waals surface area contributed by atoms with Crippen LogP contribution in [0.3, 0.4) is 0 Å². The first-order chi connectivity index (χ1) is 7.69. The Balaban J connectivity index is 2.67. The Morgan fingerprint density at radius 2 is 1.71 bits per heavy atom. The van der Waals surface area contributed by atoms with Crippen LogP contribution >= 0.6 is 0 Å². The molecule has 2 aromatic rings. The molecule has 0 atom stereocenters. The summed E-state index contributed by atoms with van der Waals surface area (Å²) in [5.41, 5.74) is 1.35. The van der Waals surface area contributed by atoms with Crippen molar-refractivity contribution in [2.24, 2.45) is 0 Å². The van der Waals surface area contributed by atoms with Crippen molar-refractivity contribution in [1.29, 1.82) is 0 Å². The highest BCUT2D eigenvalue weighted by atomic mass is 15.5. The minimum absolute atomic E-state index is 0.0683. The summed E-state index contributed by atoms with van der Waals surface area (Å²) in [5, 5.41) is 8.25. The molecule has 2 aromatic heterocycles. The van der Waals surface area contributed by atoms with Crippen LogP contribution in [-0.2, 0) is 11.0 Å². The molecule has 5 heteroatoms. The zero-order valence-corrected chi connectivity index (χ0v) is 11.3. The van der Waals surface area contributed by atoms with Crippen molar-refractivity contribution in [3.05, 3.63) is 12.0 Å². The number of hydrogen-bond donors (Lipinski definition) is 0. The average Bonchev–Trinajstić information content (AvgIpc) is 2.57. The fourth-order valence-electron chi connectivity index (χ4n) is 1.54. The molecular formula is C12H19N5. The topological polar surface area (TPSA) is 56.5 Å². The van der Waals surface area contributed by atoms with E-state index in [0.717, 1.165) is 17.0 Å². The molecule has 0 radical (unpaired) electrons. The molecule has 2 rings (SSSR count). The van der Waals surface area contributed by atoms with Gasteiger partial charge in [-0.15, -0.1) is 5.10 Å². The number of aromatic nitrogens is 5. The number of rotatable bonds is 0. The predicted octanol–water partition coefficient (Wildman–Crippen LogP) is 2.27. The first kappa shape index (κ1) is 12.0. The van der Waals surface area contributed by atoms with Gasteiger partial charge in [0.25, 0.3) is 0 Å². The van der Waals surface area contributed by atoms with Crippen molar-refractivity contribution in [2.75, 3.05) is 0 Å². The summed E-state index contributed by atoms with van der Waals surface area (Å²) in [6.07, 6.45) is 1.75. The van der Waals surface area contributed by atoms with E-state index in [2.05, 4.69) is 61.8 Å². The quantitative estimate of drug-likeness (QED) is 0.700. The summed E-state index contributed by atoms with van der Waals surface area (Å²) in [5.74, 6) is 0.817. The lowest BCUT2D eigenvalue weighted by Crippen LogP contribution is -2.24. The maximum atomic E-state index is 4.60. The smallest absolute Gasteiger partial charge is 0.182 e. The summed E-state index contributed by atoms with van der Waals surface area (Å²) in [7, 11) is 0. The summed E-state index contributed by atoms with van der Waals surface area (Å²) in [6, 6.07) is 0. The minimum atomic E-state index is -0.127. The maximum absolute atomic E-state index is 4.60. The fraction of sp³-hybridized carbons (Fsp3) is 0.667. The van der Waals surface area contributed by atoms with Crippen LogP contribution in [0.5, 0.6) is 0 Å². The molecule has 17 heavy (non-hydrogen) atoms. The molecule has 0 N–H and O–H groups in total. The standard InChI is InChI=1S/C12H19N5/c1-11(2,3)10-13-7-8-9(14-10)17(16-15-8)12(4,5)6/h7H,1-6H3. The molecule has 0 aliphatic heterocycles. The van der Waals surface area contributed by atoms with Gasteiger partial charge >= 0.3 is 0 Å². The van der Waals surface area contributed by atoms with E-state index in [4.69, 9.17) is 0 Å². The van der Waals surface area contributed by atoms with E-state index >= 15 is 0 Å². The molecule has 0 spiro atoms. The van der Waals surface area contributed by atoms with Crippen molar-refractivity contribution in [3.8, 4) is 0 Å². The second-order valence-electron chi connectivity index (χ2n) is 6.32. The van der Waals surface area contributed by atoms with Crippen LogP contribution in [-0.4, -0.2) is 25.0 Å². The van der Waals surface area contributed by atoms with Crippen molar-refractivity contribution >= 4 is 11.2 Å².